The van der Waals surface area contributed by atoms with E-state index in [0.29, 0.717) is 11.7 Å². The Morgan fingerprint density at radius 1 is 1.18 bits per heavy atom. The van der Waals surface area contributed by atoms with Gasteiger partial charge in [0.25, 0.3) is 0 Å². The molecular formula is C13H27NO2S. The summed E-state index contributed by atoms with van der Waals surface area (Å²) < 4.78 is 23.6. The average molecular weight is 261 g/mol. The van der Waals surface area contributed by atoms with Crippen molar-refractivity contribution in [3.63, 3.8) is 0 Å². The van der Waals surface area contributed by atoms with Gasteiger partial charge in [0, 0.05) is 6.54 Å². The molecule has 1 rings (SSSR count). The standard InChI is InChI=1S/C13H27NO2S/c1-12(2,3)17(15,16)9-8-13(4,10-14-5)11-6-7-11/h11,14H,6-10H2,1-5H3. The molecule has 0 radical (unpaired) electrons. The quantitative estimate of drug-likeness (QED) is 0.797. The Kier molecular flexibility index (Phi) is 4.30. The molecule has 3 nitrogen and oxygen atoms in total. The Bertz CT molecular complexity index is 352. The van der Waals surface area contributed by atoms with Gasteiger partial charge in [-0.15, -0.1) is 0 Å². The third-order valence-corrected chi connectivity index (χ3v) is 6.63. The van der Waals surface area contributed by atoms with Crippen molar-refractivity contribution in [1.82, 2.24) is 5.32 Å². The average Bonchev–Trinajstić information content (AvgIpc) is 2.97. The highest BCUT2D eigenvalue weighted by Gasteiger charge is 2.42. The van der Waals surface area contributed by atoms with E-state index in [9.17, 15) is 8.42 Å². The van der Waals surface area contributed by atoms with Crippen LogP contribution in [0.15, 0.2) is 0 Å². The van der Waals surface area contributed by atoms with Crippen molar-refractivity contribution < 1.29 is 8.42 Å². The van der Waals surface area contributed by atoms with E-state index in [1.54, 1.807) is 20.8 Å². The molecule has 1 unspecified atom stereocenters. The molecule has 4 heteroatoms. The van der Waals surface area contributed by atoms with Gasteiger partial charge in [-0.25, -0.2) is 8.42 Å². The van der Waals surface area contributed by atoms with Crippen LogP contribution in [0.3, 0.4) is 0 Å². The molecule has 0 aromatic carbocycles. The summed E-state index contributed by atoms with van der Waals surface area (Å²) in [7, 11) is -1.04. The maximum Gasteiger partial charge on any atom is 0.155 e. The fourth-order valence-electron chi connectivity index (χ4n) is 2.29. The molecule has 1 aliphatic carbocycles. The lowest BCUT2D eigenvalue weighted by atomic mass is 9.82. The van der Waals surface area contributed by atoms with Gasteiger partial charge in [-0.3, -0.25) is 0 Å². The number of hydrogen-bond donors (Lipinski definition) is 1. The minimum absolute atomic E-state index is 0.146. The Morgan fingerprint density at radius 3 is 2.06 bits per heavy atom. The van der Waals surface area contributed by atoms with Crippen LogP contribution in [0.25, 0.3) is 0 Å². The summed E-state index contributed by atoms with van der Waals surface area (Å²) in [5.74, 6) is 1.02. The van der Waals surface area contributed by atoms with E-state index in [2.05, 4.69) is 12.2 Å². The van der Waals surface area contributed by atoms with E-state index < -0.39 is 14.6 Å². The Balaban J connectivity index is 2.65. The van der Waals surface area contributed by atoms with E-state index >= 15 is 0 Å². The van der Waals surface area contributed by atoms with Gasteiger partial charge < -0.3 is 5.32 Å². The zero-order chi connectivity index (χ0) is 13.3. The van der Waals surface area contributed by atoms with E-state index in [1.807, 2.05) is 7.05 Å². The van der Waals surface area contributed by atoms with Crippen molar-refractivity contribution in [3.8, 4) is 0 Å². The summed E-state index contributed by atoms with van der Waals surface area (Å²) in [6.45, 7) is 8.50. The fourth-order valence-corrected chi connectivity index (χ4v) is 3.64. The summed E-state index contributed by atoms with van der Waals surface area (Å²) in [6, 6.07) is 0. The first-order chi connectivity index (χ1) is 7.62. The van der Waals surface area contributed by atoms with Crippen molar-refractivity contribution in [2.75, 3.05) is 19.3 Å². The summed E-state index contributed by atoms with van der Waals surface area (Å²) in [5, 5.41) is 3.21. The molecule has 1 atom stereocenters. The van der Waals surface area contributed by atoms with Gasteiger partial charge in [0.2, 0.25) is 0 Å². The summed E-state index contributed by atoms with van der Waals surface area (Å²) in [6.07, 6.45) is 3.29. The Labute approximate surface area is 106 Å². The molecule has 0 saturated heterocycles. The third-order valence-electron chi connectivity index (χ3n) is 4.02. The van der Waals surface area contributed by atoms with Gasteiger partial charge >= 0.3 is 0 Å². The van der Waals surface area contributed by atoms with Crippen LogP contribution in [0.5, 0.6) is 0 Å². The zero-order valence-corrected chi connectivity index (χ0v) is 12.7. The van der Waals surface area contributed by atoms with Crippen molar-refractivity contribution in [2.24, 2.45) is 11.3 Å². The highest BCUT2D eigenvalue weighted by molar-refractivity contribution is 7.92. The van der Waals surface area contributed by atoms with Crippen molar-refractivity contribution in [1.29, 1.82) is 0 Å². The van der Waals surface area contributed by atoms with E-state index in [-0.39, 0.29) is 5.41 Å². The van der Waals surface area contributed by atoms with Crippen LogP contribution >= 0.6 is 0 Å². The topological polar surface area (TPSA) is 46.2 Å². The van der Waals surface area contributed by atoms with Crippen LogP contribution < -0.4 is 5.32 Å². The van der Waals surface area contributed by atoms with Gasteiger partial charge in [-0.1, -0.05) is 6.92 Å². The predicted octanol–water partition coefficient (Wildman–Crippen LogP) is 2.23. The molecule has 0 spiro atoms. The third kappa shape index (κ3) is 3.68. The van der Waals surface area contributed by atoms with Crippen molar-refractivity contribution in [2.45, 2.75) is 51.7 Å². The van der Waals surface area contributed by atoms with Gasteiger partial charge in [-0.2, -0.15) is 0 Å². The van der Waals surface area contributed by atoms with E-state index in [1.165, 1.54) is 12.8 Å². The number of nitrogens with one attached hydrogen (secondary N) is 1. The molecule has 0 bridgehead atoms. The normalized spacial score (nSPS) is 21.2. The maximum absolute atomic E-state index is 12.1. The van der Waals surface area contributed by atoms with Crippen LogP contribution in [-0.4, -0.2) is 32.5 Å². The minimum Gasteiger partial charge on any atom is -0.319 e. The number of rotatable bonds is 6. The summed E-state index contributed by atoms with van der Waals surface area (Å²) in [4.78, 5) is 0. The van der Waals surface area contributed by atoms with Gasteiger partial charge in [-0.05, 0) is 58.4 Å². The van der Waals surface area contributed by atoms with Crippen LogP contribution in [0, 0.1) is 11.3 Å². The molecule has 0 aromatic rings. The molecule has 1 saturated carbocycles. The van der Waals surface area contributed by atoms with Crippen LogP contribution in [0.1, 0.15) is 47.0 Å². The highest BCUT2D eigenvalue weighted by Crippen LogP contribution is 2.47. The summed E-state index contributed by atoms with van der Waals surface area (Å²) >= 11 is 0. The molecule has 0 aliphatic heterocycles. The largest absolute Gasteiger partial charge is 0.319 e. The first-order valence-electron chi connectivity index (χ1n) is 6.49. The Hall–Kier alpha value is -0.0900. The summed E-state index contributed by atoms with van der Waals surface area (Å²) in [5.41, 5.74) is 0.146. The Morgan fingerprint density at radius 2 is 1.71 bits per heavy atom. The lowest BCUT2D eigenvalue weighted by Crippen LogP contribution is -2.37. The molecule has 1 fully saturated rings. The second-order valence-corrected chi connectivity index (χ2v) is 9.50. The first-order valence-corrected chi connectivity index (χ1v) is 8.14. The van der Waals surface area contributed by atoms with Crippen LogP contribution in [-0.2, 0) is 9.84 Å². The van der Waals surface area contributed by atoms with Crippen molar-refractivity contribution in [3.05, 3.63) is 0 Å². The zero-order valence-electron chi connectivity index (χ0n) is 11.8. The van der Waals surface area contributed by atoms with E-state index in [0.717, 1.165) is 13.0 Å². The lowest BCUT2D eigenvalue weighted by molar-refractivity contribution is 0.255. The number of sulfone groups is 1. The van der Waals surface area contributed by atoms with Gasteiger partial charge in [0.05, 0.1) is 10.5 Å². The molecule has 1 N–H and O–H groups in total. The second-order valence-electron chi connectivity index (χ2n) is 6.64. The fraction of sp³-hybridized carbons (Fsp3) is 1.00. The van der Waals surface area contributed by atoms with Gasteiger partial charge in [0.15, 0.2) is 9.84 Å². The maximum atomic E-state index is 12.1. The highest BCUT2D eigenvalue weighted by atomic mass is 32.2. The SMILES string of the molecule is CNCC(C)(CCS(=O)(=O)C(C)(C)C)C1CC1. The molecule has 0 heterocycles. The predicted molar refractivity (Wildman–Crippen MR) is 72.9 cm³/mol. The first kappa shape index (κ1) is 15.0. The van der Waals surface area contributed by atoms with E-state index in [4.69, 9.17) is 0 Å². The number of hydrogen-bond acceptors (Lipinski definition) is 3. The molecular weight excluding hydrogens is 234 g/mol. The van der Waals surface area contributed by atoms with Crippen LogP contribution in [0.2, 0.25) is 0 Å². The molecule has 102 valence electrons. The molecule has 1 aliphatic rings. The van der Waals surface area contributed by atoms with Crippen molar-refractivity contribution >= 4 is 9.84 Å². The molecule has 17 heavy (non-hydrogen) atoms. The molecule has 0 aromatic heterocycles. The minimum atomic E-state index is -2.98. The monoisotopic (exact) mass is 261 g/mol. The smallest absolute Gasteiger partial charge is 0.155 e. The van der Waals surface area contributed by atoms with Gasteiger partial charge in [0.1, 0.15) is 0 Å². The van der Waals surface area contributed by atoms with Crippen LogP contribution in [0.4, 0.5) is 0 Å². The molecule has 0 amide bonds. The second kappa shape index (κ2) is 4.88. The lowest BCUT2D eigenvalue weighted by Gasteiger charge is -2.31.